The Morgan fingerprint density at radius 3 is 3.29 bits per heavy atom. The summed E-state index contributed by atoms with van der Waals surface area (Å²) in [5.41, 5.74) is 0. The molecule has 2 heterocycles. The van der Waals surface area contributed by atoms with E-state index in [4.69, 9.17) is 4.74 Å². The fourth-order valence-corrected chi connectivity index (χ4v) is 2.55. The zero-order valence-corrected chi connectivity index (χ0v) is 9.43. The van der Waals surface area contributed by atoms with E-state index < -0.39 is 0 Å². The van der Waals surface area contributed by atoms with E-state index in [1.54, 1.807) is 11.3 Å². The molecule has 1 saturated heterocycles. The van der Waals surface area contributed by atoms with Gasteiger partial charge in [0.2, 0.25) is 0 Å². The first-order chi connectivity index (χ1) is 6.88. The van der Waals surface area contributed by atoms with Crippen molar-refractivity contribution in [3.05, 3.63) is 17.5 Å². The molecule has 3 heteroatoms. The molecule has 2 rings (SSSR count). The van der Waals surface area contributed by atoms with Crippen LogP contribution in [0.3, 0.4) is 0 Å². The minimum atomic E-state index is 0.417. The third-order valence-electron chi connectivity index (χ3n) is 2.55. The van der Waals surface area contributed by atoms with Crippen molar-refractivity contribution in [3.63, 3.8) is 0 Å². The third-order valence-corrected chi connectivity index (χ3v) is 3.30. The summed E-state index contributed by atoms with van der Waals surface area (Å²) in [6.07, 6.45) is 2.84. The van der Waals surface area contributed by atoms with Gasteiger partial charge >= 0.3 is 0 Å². The molecule has 1 aromatic heterocycles. The van der Waals surface area contributed by atoms with E-state index in [0.717, 1.165) is 11.6 Å². The lowest BCUT2D eigenvalue weighted by Crippen LogP contribution is -2.25. The number of rotatable bonds is 4. The molecule has 1 aromatic rings. The van der Waals surface area contributed by atoms with Crippen LogP contribution in [-0.4, -0.2) is 30.6 Å². The molecule has 78 valence electrons. The molecule has 14 heavy (non-hydrogen) atoms. The van der Waals surface area contributed by atoms with E-state index in [1.165, 1.54) is 25.9 Å². The lowest BCUT2D eigenvalue weighted by atomic mass is 10.3. The predicted octanol–water partition coefficient (Wildman–Crippen LogP) is 2.61. The van der Waals surface area contributed by atoms with Crippen LogP contribution in [0.1, 0.15) is 19.8 Å². The molecule has 2 nitrogen and oxygen atoms in total. The van der Waals surface area contributed by atoms with E-state index in [0.29, 0.717) is 6.10 Å². The minimum Gasteiger partial charge on any atom is -0.479 e. The minimum absolute atomic E-state index is 0.417. The molecule has 0 N–H and O–H groups in total. The highest BCUT2D eigenvalue weighted by molar-refractivity contribution is 7.11. The predicted molar refractivity (Wildman–Crippen MR) is 60.1 cm³/mol. The summed E-state index contributed by atoms with van der Waals surface area (Å²) >= 11 is 1.68. The van der Waals surface area contributed by atoms with Crippen LogP contribution in [0.5, 0.6) is 5.06 Å². The number of ether oxygens (including phenoxy) is 1. The smallest absolute Gasteiger partial charge is 0.174 e. The number of hydrogen-bond donors (Lipinski definition) is 0. The lowest BCUT2D eigenvalue weighted by Gasteiger charge is -2.14. The molecule has 1 aliphatic heterocycles. The van der Waals surface area contributed by atoms with Gasteiger partial charge in [0, 0.05) is 13.1 Å². The molecule has 0 aromatic carbocycles. The molecule has 1 aliphatic rings. The fourth-order valence-electron chi connectivity index (χ4n) is 1.91. The van der Waals surface area contributed by atoms with Gasteiger partial charge in [0.05, 0.1) is 0 Å². The summed E-state index contributed by atoms with van der Waals surface area (Å²) in [4.78, 5) is 2.48. The van der Waals surface area contributed by atoms with Crippen LogP contribution >= 0.6 is 11.3 Å². The highest BCUT2D eigenvalue weighted by Gasteiger charge is 2.23. The molecule has 1 unspecified atom stereocenters. The van der Waals surface area contributed by atoms with Gasteiger partial charge in [-0.25, -0.2) is 0 Å². The maximum atomic E-state index is 5.87. The molecule has 0 amide bonds. The second-order valence-electron chi connectivity index (χ2n) is 3.76. The Hall–Kier alpha value is -0.540. The van der Waals surface area contributed by atoms with Gasteiger partial charge in [-0.1, -0.05) is 6.92 Å². The topological polar surface area (TPSA) is 12.5 Å². The maximum Gasteiger partial charge on any atom is 0.174 e. The van der Waals surface area contributed by atoms with Gasteiger partial charge in [0.1, 0.15) is 6.10 Å². The van der Waals surface area contributed by atoms with E-state index in [-0.39, 0.29) is 0 Å². The first kappa shape index (κ1) is 9.99. The van der Waals surface area contributed by atoms with Gasteiger partial charge in [0.25, 0.3) is 0 Å². The monoisotopic (exact) mass is 211 g/mol. The average Bonchev–Trinajstić information content (AvgIpc) is 2.79. The lowest BCUT2D eigenvalue weighted by molar-refractivity contribution is 0.206. The average molecular weight is 211 g/mol. The molecular formula is C11H17NOS. The summed E-state index contributed by atoms with van der Waals surface area (Å²) in [5, 5.41) is 3.13. The van der Waals surface area contributed by atoms with E-state index in [1.807, 2.05) is 12.1 Å². The highest BCUT2D eigenvalue weighted by Crippen LogP contribution is 2.23. The van der Waals surface area contributed by atoms with Crippen molar-refractivity contribution in [1.29, 1.82) is 0 Å². The highest BCUT2D eigenvalue weighted by atomic mass is 32.1. The van der Waals surface area contributed by atoms with Gasteiger partial charge in [0.15, 0.2) is 5.06 Å². The summed E-state index contributed by atoms with van der Waals surface area (Å²) < 4.78 is 5.87. The Morgan fingerprint density at radius 2 is 2.57 bits per heavy atom. The van der Waals surface area contributed by atoms with Crippen LogP contribution in [-0.2, 0) is 0 Å². The zero-order valence-electron chi connectivity index (χ0n) is 8.61. The maximum absolute atomic E-state index is 5.87. The van der Waals surface area contributed by atoms with Gasteiger partial charge in [-0.05, 0) is 36.9 Å². The first-order valence-corrected chi connectivity index (χ1v) is 6.19. The molecule has 0 radical (unpaired) electrons. The van der Waals surface area contributed by atoms with Crippen LogP contribution in [0.15, 0.2) is 17.5 Å². The van der Waals surface area contributed by atoms with Crippen molar-refractivity contribution in [2.24, 2.45) is 0 Å². The number of nitrogens with zero attached hydrogens (tertiary/aromatic N) is 1. The number of thiophene rings is 1. The van der Waals surface area contributed by atoms with Crippen LogP contribution in [0, 0.1) is 0 Å². The number of hydrogen-bond acceptors (Lipinski definition) is 3. The van der Waals surface area contributed by atoms with E-state index >= 15 is 0 Å². The summed E-state index contributed by atoms with van der Waals surface area (Å²) in [6, 6.07) is 4.09. The van der Waals surface area contributed by atoms with Crippen molar-refractivity contribution in [1.82, 2.24) is 4.90 Å². The normalized spacial score (nSPS) is 22.8. The fraction of sp³-hybridized carbons (Fsp3) is 0.636. The molecule has 0 bridgehead atoms. The van der Waals surface area contributed by atoms with Crippen LogP contribution < -0.4 is 4.74 Å². The van der Waals surface area contributed by atoms with Gasteiger partial charge in [-0.2, -0.15) is 0 Å². The van der Waals surface area contributed by atoms with Crippen LogP contribution in [0.4, 0.5) is 0 Å². The zero-order chi connectivity index (χ0) is 9.80. The Bertz CT molecular complexity index is 260. The first-order valence-electron chi connectivity index (χ1n) is 5.31. The second-order valence-corrected chi connectivity index (χ2v) is 4.67. The second kappa shape index (κ2) is 4.80. The van der Waals surface area contributed by atoms with E-state index in [9.17, 15) is 0 Å². The summed E-state index contributed by atoms with van der Waals surface area (Å²) in [7, 11) is 0. The summed E-state index contributed by atoms with van der Waals surface area (Å²) in [5.74, 6) is 0. The summed E-state index contributed by atoms with van der Waals surface area (Å²) in [6.45, 7) is 5.74. The van der Waals surface area contributed by atoms with Gasteiger partial charge in [-0.15, -0.1) is 11.3 Å². The Morgan fingerprint density at radius 1 is 1.64 bits per heavy atom. The third kappa shape index (κ3) is 2.49. The van der Waals surface area contributed by atoms with Crippen molar-refractivity contribution in [2.45, 2.75) is 25.9 Å². The van der Waals surface area contributed by atoms with Crippen LogP contribution in [0.25, 0.3) is 0 Å². The Balaban J connectivity index is 1.79. The molecule has 1 fully saturated rings. The Labute approximate surface area is 89.5 Å². The van der Waals surface area contributed by atoms with Crippen molar-refractivity contribution < 1.29 is 4.74 Å². The largest absolute Gasteiger partial charge is 0.479 e. The van der Waals surface area contributed by atoms with E-state index in [2.05, 4.69) is 17.2 Å². The van der Waals surface area contributed by atoms with Crippen LogP contribution in [0.2, 0.25) is 0 Å². The molecule has 0 spiro atoms. The van der Waals surface area contributed by atoms with Gasteiger partial charge < -0.3 is 4.74 Å². The molecular weight excluding hydrogens is 194 g/mol. The van der Waals surface area contributed by atoms with Crippen molar-refractivity contribution in [2.75, 3.05) is 19.6 Å². The van der Waals surface area contributed by atoms with Crippen molar-refractivity contribution >= 4 is 11.3 Å². The molecule has 0 saturated carbocycles. The Kier molecular flexibility index (Phi) is 3.43. The quantitative estimate of drug-likeness (QED) is 0.759. The van der Waals surface area contributed by atoms with Crippen molar-refractivity contribution in [3.8, 4) is 5.06 Å². The molecule has 0 aliphatic carbocycles. The van der Waals surface area contributed by atoms with Gasteiger partial charge in [-0.3, -0.25) is 4.90 Å². The molecule has 1 atom stereocenters. The standard InChI is InChI=1S/C11H17NOS/c1-2-6-12-7-5-10(9-12)13-11-4-3-8-14-11/h3-4,8,10H,2,5-7,9H2,1H3. The SMILES string of the molecule is CCCN1CCC(Oc2cccs2)C1. The number of likely N-dealkylation sites (tertiary alicyclic amines) is 1.